The lowest BCUT2D eigenvalue weighted by Crippen LogP contribution is -2.31. The van der Waals surface area contributed by atoms with Gasteiger partial charge in [0, 0.05) is 17.7 Å². The maximum atomic E-state index is 13.8. The molecule has 1 atom stereocenters. The van der Waals surface area contributed by atoms with Gasteiger partial charge in [-0.05, 0) is 47.0 Å². The average Bonchev–Trinajstić information content (AvgIpc) is 2.84. The Hall–Kier alpha value is -4.12. The van der Waals surface area contributed by atoms with Gasteiger partial charge in [0.2, 0.25) is 0 Å². The molecule has 0 amide bonds. The normalized spacial score (nSPS) is 11.5. The number of anilines is 1. The third-order valence-electron chi connectivity index (χ3n) is 5.32. The highest BCUT2D eigenvalue weighted by Gasteiger charge is 2.18. The number of hydrogen-bond donors (Lipinski definition) is 2. The van der Waals surface area contributed by atoms with Gasteiger partial charge in [0.05, 0.1) is 0 Å². The van der Waals surface area contributed by atoms with Gasteiger partial charge < -0.3 is 15.2 Å². The molecule has 4 rings (SSSR count). The minimum atomic E-state index is -0.902. The van der Waals surface area contributed by atoms with Crippen molar-refractivity contribution in [2.75, 3.05) is 5.32 Å². The molecule has 0 fully saturated rings. The van der Waals surface area contributed by atoms with E-state index in [1.165, 1.54) is 6.07 Å². The molecule has 0 aromatic heterocycles. The van der Waals surface area contributed by atoms with Crippen LogP contribution in [0.1, 0.15) is 11.1 Å². The summed E-state index contributed by atoms with van der Waals surface area (Å²) < 4.78 is 19.5. The second kappa shape index (κ2) is 10.5. The van der Waals surface area contributed by atoms with Gasteiger partial charge in [-0.25, -0.2) is 9.18 Å². The van der Waals surface area contributed by atoms with Gasteiger partial charge in [0.25, 0.3) is 0 Å². The molecule has 0 saturated heterocycles. The van der Waals surface area contributed by atoms with Crippen LogP contribution in [0, 0.1) is 5.82 Å². The fourth-order valence-corrected chi connectivity index (χ4v) is 3.56. The fourth-order valence-electron chi connectivity index (χ4n) is 3.56. The van der Waals surface area contributed by atoms with Crippen molar-refractivity contribution in [2.45, 2.75) is 19.1 Å². The molecular weight excluding hydrogens is 417 g/mol. The van der Waals surface area contributed by atoms with Crippen LogP contribution in [0.15, 0.2) is 103 Å². The van der Waals surface area contributed by atoms with Gasteiger partial charge >= 0.3 is 5.97 Å². The number of carboxylic acids is 1. The Morgan fingerprint density at radius 2 is 1.58 bits per heavy atom. The summed E-state index contributed by atoms with van der Waals surface area (Å²) in [5.41, 5.74) is 4.11. The molecule has 33 heavy (non-hydrogen) atoms. The molecule has 166 valence electrons. The lowest BCUT2D eigenvalue weighted by atomic mass is 10.0. The van der Waals surface area contributed by atoms with Gasteiger partial charge in [-0.15, -0.1) is 0 Å². The molecule has 4 aromatic carbocycles. The first kappa shape index (κ1) is 22.1. The molecule has 0 bridgehead atoms. The first-order valence-electron chi connectivity index (χ1n) is 10.7. The zero-order valence-electron chi connectivity index (χ0n) is 17.9. The highest BCUT2D eigenvalue weighted by Crippen LogP contribution is 2.26. The molecule has 0 aliphatic heterocycles. The lowest BCUT2D eigenvalue weighted by molar-refractivity contribution is -0.137. The standard InChI is InChI=1S/C28H24FNO3/c29-26-12-5-4-9-23(26)19-33-25-15-13-21(14-16-25)22-10-6-11-24(18-22)30-27(28(31)32)17-20-7-2-1-3-8-20/h1-16,18,27,30H,17,19H2,(H,31,32). The third-order valence-corrected chi connectivity index (χ3v) is 5.32. The molecule has 4 nitrogen and oxygen atoms in total. The largest absolute Gasteiger partial charge is 0.489 e. The molecule has 0 radical (unpaired) electrons. The van der Waals surface area contributed by atoms with Crippen molar-refractivity contribution in [1.29, 1.82) is 0 Å². The fraction of sp³-hybridized carbons (Fsp3) is 0.107. The van der Waals surface area contributed by atoms with E-state index in [2.05, 4.69) is 5.32 Å². The summed E-state index contributed by atoms with van der Waals surface area (Å²) >= 11 is 0. The molecule has 0 aliphatic rings. The predicted octanol–water partition coefficient (Wildman–Crippen LogP) is 6.18. The van der Waals surface area contributed by atoms with Crippen molar-refractivity contribution < 1.29 is 19.0 Å². The topological polar surface area (TPSA) is 58.6 Å². The molecule has 0 saturated carbocycles. The third kappa shape index (κ3) is 5.98. The van der Waals surface area contributed by atoms with Crippen LogP contribution in [0.3, 0.4) is 0 Å². The highest BCUT2D eigenvalue weighted by molar-refractivity contribution is 5.78. The summed E-state index contributed by atoms with van der Waals surface area (Å²) in [6, 6.07) is 30.5. The van der Waals surface area contributed by atoms with Crippen molar-refractivity contribution in [3.63, 3.8) is 0 Å². The van der Waals surface area contributed by atoms with E-state index in [-0.39, 0.29) is 12.4 Å². The number of carbonyl (C=O) groups is 1. The average molecular weight is 442 g/mol. The van der Waals surface area contributed by atoms with Crippen molar-refractivity contribution in [3.8, 4) is 16.9 Å². The zero-order valence-corrected chi connectivity index (χ0v) is 17.9. The summed E-state index contributed by atoms with van der Waals surface area (Å²) in [5.74, 6) is -0.545. The number of aliphatic carboxylic acids is 1. The quantitative estimate of drug-likeness (QED) is 0.326. The number of ether oxygens (including phenoxy) is 1. The van der Waals surface area contributed by atoms with Crippen LogP contribution >= 0.6 is 0 Å². The monoisotopic (exact) mass is 441 g/mol. The minimum absolute atomic E-state index is 0.156. The molecular formula is C28H24FNO3. The van der Waals surface area contributed by atoms with E-state index in [1.54, 1.807) is 18.2 Å². The number of carboxylic acid groups (broad SMARTS) is 1. The molecule has 1 unspecified atom stereocenters. The van der Waals surface area contributed by atoms with E-state index >= 15 is 0 Å². The Labute approximate surface area is 192 Å². The van der Waals surface area contributed by atoms with Crippen LogP contribution in [-0.2, 0) is 17.8 Å². The van der Waals surface area contributed by atoms with Crippen LogP contribution in [0.5, 0.6) is 5.75 Å². The van der Waals surface area contributed by atoms with E-state index in [4.69, 9.17) is 4.74 Å². The predicted molar refractivity (Wildman–Crippen MR) is 128 cm³/mol. The maximum absolute atomic E-state index is 13.8. The van der Waals surface area contributed by atoms with E-state index in [9.17, 15) is 14.3 Å². The second-order valence-corrected chi connectivity index (χ2v) is 7.71. The second-order valence-electron chi connectivity index (χ2n) is 7.71. The van der Waals surface area contributed by atoms with Crippen LogP contribution in [0.2, 0.25) is 0 Å². The van der Waals surface area contributed by atoms with Crippen LogP contribution in [0.4, 0.5) is 10.1 Å². The van der Waals surface area contributed by atoms with Crippen LogP contribution in [0.25, 0.3) is 11.1 Å². The zero-order chi connectivity index (χ0) is 23.0. The summed E-state index contributed by atoms with van der Waals surface area (Å²) in [7, 11) is 0. The molecule has 5 heteroatoms. The Morgan fingerprint density at radius 1 is 0.848 bits per heavy atom. The Kier molecular flexibility index (Phi) is 7.00. The molecule has 0 heterocycles. The molecule has 4 aromatic rings. The van der Waals surface area contributed by atoms with Gasteiger partial charge in [0.15, 0.2) is 0 Å². The Balaban J connectivity index is 1.43. The smallest absolute Gasteiger partial charge is 0.326 e. The molecule has 0 aliphatic carbocycles. The number of hydrogen-bond acceptors (Lipinski definition) is 3. The number of halogens is 1. The van der Waals surface area contributed by atoms with Gasteiger partial charge in [-0.3, -0.25) is 0 Å². The molecule has 2 N–H and O–H groups in total. The van der Waals surface area contributed by atoms with Gasteiger partial charge in [-0.1, -0.05) is 72.8 Å². The SMILES string of the molecule is O=C(O)C(Cc1ccccc1)Nc1cccc(-c2ccc(OCc3ccccc3F)cc2)c1. The first-order chi connectivity index (χ1) is 16.1. The van der Waals surface area contributed by atoms with E-state index in [1.807, 2.05) is 78.9 Å². The first-order valence-corrected chi connectivity index (χ1v) is 10.7. The number of rotatable bonds is 9. The van der Waals surface area contributed by atoms with E-state index < -0.39 is 12.0 Å². The van der Waals surface area contributed by atoms with Crippen molar-refractivity contribution >= 4 is 11.7 Å². The minimum Gasteiger partial charge on any atom is -0.489 e. The lowest BCUT2D eigenvalue weighted by Gasteiger charge is -2.17. The number of nitrogens with one attached hydrogen (secondary N) is 1. The molecule has 0 spiro atoms. The van der Waals surface area contributed by atoms with Crippen molar-refractivity contribution in [1.82, 2.24) is 0 Å². The van der Waals surface area contributed by atoms with E-state index in [0.29, 0.717) is 17.7 Å². The van der Waals surface area contributed by atoms with Crippen molar-refractivity contribution in [2.24, 2.45) is 0 Å². The van der Waals surface area contributed by atoms with Gasteiger partial charge in [0.1, 0.15) is 24.2 Å². The Bertz CT molecular complexity index is 1210. The van der Waals surface area contributed by atoms with E-state index in [0.717, 1.165) is 22.4 Å². The number of benzene rings is 4. The Morgan fingerprint density at radius 3 is 2.30 bits per heavy atom. The summed E-state index contributed by atoms with van der Waals surface area (Å²) in [4.78, 5) is 11.8. The highest BCUT2D eigenvalue weighted by atomic mass is 19.1. The maximum Gasteiger partial charge on any atom is 0.326 e. The van der Waals surface area contributed by atoms with Gasteiger partial charge in [-0.2, -0.15) is 0 Å². The summed E-state index contributed by atoms with van der Waals surface area (Å²) in [6.45, 7) is 0.156. The van der Waals surface area contributed by atoms with Crippen molar-refractivity contribution in [3.05, 3.63) is 120 Å². The summed E-state index contributed by atoms with van der Waals surface area (Å²) in [6.07, 6.45) is 0.383. The summed E-state index contributed by atoms with van der Waals surface area (Å²) in [5, 5.41) is 12.8. The van der Waals surface area contributed by atoms with Crippen LogP contribution < -0.4 is 10.1 Å². The van der Waals surface area contributed by atoms with Crippen LogP contribution in [-0.4, -0.2) is 17.1 Å².